The molecule has 1 aliphatic heterocycles. The van der Waals surface area contributed by atoms with Crippen LogP contribution in [0.2, 0.25) is 0 Å². The van der Waals surface area contributed by atoms with Crippen LogP contribution in [0.3, 0.4) is 0 Å². The van der Waals surface area contributed by atoms with Crippen molar-refractivity contribution in [3.8, 4) is 6.07 Å². The average molecular weight is 373 g/mol. The van der Waals surface area contributed by atoms with Gasteiger partial charge in [0.25, 0.3) is 0 Å². The van der Waals surface area contributed by atoms with Gasteiger partial charge < -0.3 is 10.2 Å². The predicted octanol–water partition coefficient (Wildman–Crippen LogP) is 2.52. The lowest BCUT2D eigenvalue weighted by Crippen LogP contribution is -2.47. The van der Waals surface area contributed by atoms with Crippen molar-refractivity contribution in [1.29, 1.82) is 5.26 Å². The second kappa shape index (κ2) is 8.63. The third-order valence-corrected chi connectivity index (χ3v) is 5.06. The molecule has 0 saturated carbocycles. The van der Waals surface area contributed by atoms with E-state index >= 15 is 0 Å². The van der Waals surface area contributed by atoms with E-state index in [9.17, 15) is 5.26 Å². The van der Waals surface area contributed by atoms with Crippen molar-refractivity contribution < 1.29 is 0 Å². The standard InChI is InChI=1S/C21H23N7/c22-15-17-16-26-19-6-2-1-5-18(19)20(17)23-9-4-10-27-11-13-28(14-12-27)21-24-7-3-8-25-21/h1-3,5-8,16H,4,9-14H2,(H,23,26). The molecule has 1 fully saturated rings. The summed E-state index contributed by atoms with van der Waals surface area (Å²) in [7, 11) is 0. The molecule has 1 saturated heterocycles. The van der Waals surface area contributed by atoms with E-state index in [1.165, 1.54) is 0 Å². The highest BCUT2D eigenvalue weighted by atomic mass is 15.3. The van der Waals surface area contributed by atoms with E-state index in [1.807, 2.05) is 30.3 Å². The van der Waals surface area contributed by atoms with Gasteiger partial charge in [0.1, 0.15) is 6.07 Å². The Morgan fingerprint density at radius 3 is 2.57 bits per heavy atom. The number of piperazine rings is 1. The zero-order chi connectivity index (χ0) is 19.2. The van der Waals surface area contributed by atoms with Crippen LogP contribution in [0.25, 0.3) is 10.9 Å². The van der Waals surface area contributed by atoms with Crippen molar-refractivity contribution in [2.45, 2.75) is 6.42 Å². The first-order valence-corrected chi connectivity index (χ1v) is 9.61. The lowest BCUT2D eigenvalue weighted by Gasteiger charge is -2.34. The van der Waals surface area contributed by atoms with Gasteiger partial charge in [-0.3, -0.25) is 9.88 Å². The minimum absolute atomic E-state index is 0.593. The van der Waals surface area contributed by atoms with Crippen LogP contribution in [0.5, 0.6) is 0 Å². The molecule has 3 aromatic rings. The Morgan fingerprint density at radius 2 is 1.79 bits per heavy atom. The Morgan fingerprint density at radius 1 is 1.00 bits per heavy atom. The zero-order valence-corrected chi connectivity index (χ0v) is 15.8. The third kappa shape index (κ3) is 4.02. The minimum Gasteiger partial charge on any atom is -0.383 e. The Bertz CT molecular complexity index is 959. The molecular formula is C21H23N7. The maximum absolute atomic E-state index is 9.40. The van der Waals surface area contributed by atoms with Crippen LogP contribution in [0.1, 0.15) is 12.0 Å². The van der Waals surface area contributed by atoms with E-state index in [0.29, 0.717) is 5.56 Å². The van der Waals surface area contributed by atoms with Gasteiger partial charge in [0.2, 0.25) is 5.95 Å². The Labute approximate surface area is 164 Å². The van der Waals surface area contributed by atoms with Crippen LogP contribution < -0.4 is 10.2 Å². The molecule has 0 aliphatic carbocycles. The highest BCUT2D eigenvalue weighted by Crippen LogP contribution is 2.25. The first-order chi connectivity index (χ1) is 13.8. The molecule has 7 nitrogen and oxygen atoms in total. The summed E-state index contributed by atoms with van der Waals surface area (Å²) in [6.07, 6.45) is 6.25. The highest BCUT2D eigenvalue weighted by molar-refractivity contribution is 5.93. The van der Waals surface area contributed by atoms with Gasteiger partial charge in [-0.15, -0.1) is 0 Å². The molecule has 1 N–H and O–H groups in total. The van der Waals surface area contributed by atoms with E-state index in [1.54, 1.807) is 18.6 Å². The van der Waals surface area contributed by atoms with Crippen molar-refractivity contribution >= 4 is 22.5 Å². The molecule has 4 rings (SSSR count). The Balaban J connectivity index is 1.28. The van der Waals surface area contributed by atoms with E-state index in [0.717, 1.165) is 68.2 Å². The second-order valence-electron chi connectivity index (χ2n) is 6.83. The molecule has 0 bridgehead atoms. The van der Waals surface area contributed by atoms with Crippen LogP contribution in [0.15, 0.2) is 48.9 Å². The normalized spacial score (nSPS) is 14.8. The number of rotatable bonds is 6. The fraction of sp³-hybridized carbons (Fsp3) is 0.333. The van der Waals surface area contributed by atoms with Crippen molar-refractivity contribution in [3.05, 3.63) is 54.5 Å². The lowest BCUT2D eigenvalue weighted by molar-refractivity contribution is 0.256. The number of benzene rings is 1. The molecular weight excluding hydrogens is 350 g/mol. The monoisotopic (exact) mass is 373 g/mol. The van der Waals surface area contributed by atoms with Gasteiger partial charge in [-0.05, 0) is 25.1 Å². The first-order valence-electron chi connectivity index (χ1n) is 9.61. The summed E-state index contributed by atoms with van der Waals surface area (Å²) in [6, 6.07) is 12.0. The van der Waals surface area contributed by atoms with E-state index in [2.05, 4.69) is 36.1 Å². The molecule has 0 unspecified atom stereocenters. The van der Waals surface area contributed by atoms with Crippen molar-refractivity contribution in [2.24, 2.45) is 0 Å². The van der Waals surface area contributed by atoms with E-state index in [-0.39, 0.29) is 0 Å². The van der Waals surface area contributed by atoms with Crippen molar-refractivity contribution in [1.82, 2.24) is 19.9 Å². The van der Waals surface area contributed by atoms with Gasteiger partial charge in [0.05, 0.1) is 16.8 Å². The maximum atomic E-state index is 9.40. The molecule has 0 radical (unpaired) electrons. The first kappa shape index (κ1) is 18.1. The molecule has 3 heterocycles. The summed E-state index contributed by atoms with van der Waals surface area (Å²) in [5, 5.41) is 13.9. The Hall–Kier alpha value is -3.24. The van der Waals surface area contributed by atoms with Gasteiger partial charge >= 0.3 is 0 Å². The van der Waals surface area contributed by atoms with E-state index in [4.69, 9.17) is 0 Å². The molecule has 1 aliphatic rings. The molecule has 2 aromatic heterocycles. The summed E-state index contributed by atoms with van der Waals surface area (Å²) in [4.78, 5) is 17.7. The number of hydrogen-bond acceptors (Lipinski definition) is 7. The molecule has 7 heteroatoms. The summed E-state index contributed by atoms with van der Waals surface area (Å²) >= 11 is 0. The van der Waals surface area contributed by atoms with Gasteiger partial charge in [-0.25, -0.2) is 9.97 Å². The number of nitrogens with zero attached hydrogens (tertiary/aromatic N) is 6. The minimum atomic E-state index is 0.593. The zero-order valence-electron chi connectivity index (χ0n) is 15.8. The smallest absolute Gasteiger partial charge is 0.225 e. The summed E-state index contributed by atoms with van der Waals surface area (Å²) in [5.41, 5.74) is 2.39. The molecule has 28 heavy (non-hydrogen) atoms. The van der Waals surface area contributed by atoms with Crippen LogP contribution in [-0.2, 0) is 0 Å². The number of fused-ring (bicyclic) bond motifs is 1. The molecule has 0 spiro atoms. The third-order valence-electron chi connectivity index (χ3n) is 5.06. The number of anilines is 2. The maximum Gasteiger partial charge on any atom is 0.225 e. The number of hydrogen-bond donors (Lipinski definition) is 1. The molecule has 0 amide bonds. The number of pyridine rings is 1. The van der Waals surface area contributed by atoms with Crippen LogP contribution in [0, 0.1) is 11.3 Å². The SMILES string of the molecule is N#Cc1cnc2ccccc2c1NCCCN1CCN(c2ncccn2)CC1. The molecule has 1 aromatic carbocycles. The van der Waals surface area contributed by atoms with Crippen LogP contribution in [0.4, 0.5) is 11.6 Å². The van der Waals surface area contributed by atoms with Crippen LogP contribution in [-0.4, -0.2) is 59.1 Å². The molecule has 0 atom stereocenters. The van der Waals surface area contributed by atoms with Gasteiger partial charge in [-0.1, -0.05) is 18.2 Å². The lowest BCUT2D eigenvalue weighted by atomic mass is 10.1. The van der Waals surface area contributed by atoms with Crippen LogP contribution >= 0.6 is 0 Å². The average Bonchev–Trinajstić information content (AvgIpc) is 2.77. The topological polar surface area (TPSA) is 81.0 Å². The number of nitrogens with one attached hydrogen (secondary N) is 1. The quantitative estimate of drug-likeness (QED) is 0.665. The van der Waals surface area contributed by atoms with E-state index < -0.39 is 0 Å². The summed E-state index contributed by atoms with van der Waals surface area (Å²) in [5.74, 6) is 0.817. The highest BCUT2D eigenvalue weighted by Gasteiger charge is 2.18. The summed E-state index contributed by atoms with van der Waals surface area (Å²) in [6.45, 7) is 5.78. The fourth-order valence-corrected chi connectivity index (χ4v) is 3.56. The Kier molecular flexibility index (Phi) is 5.59. The van der Waals surface area contributed by atoms with Gasteiger partial charge in [0.15, 0.2) is 0 Å². The number of para-hydroxylation sites is 1. The number of nitriles is 1. The van der Waals surface area contributed by atoms with Gasteiger partial charge in [-0.2, -0.15) is 5.26 Å². The van der Waals surface area contributed by atoms with Crippen molar-refractivity contribution in [3.63, 3.8) is 0 Å². The fourth-order valence-electron chi connectivity index (χ4n) is 3.56. The second-order valence-corrected chi connectivity index (χ2v) is 6.83. The summed E-state index contributed by atoms with van der Waals surface area (Å²) < 4.78 is 0. The van der Waals surface area contributed by atoms with Crippen molar-refractivity contribution in [2.75, 3.05) is 49.5 Å². The number of aromatic nitrogens is 3. The predicted molar refractivity (Wildman–Crippen MR) is 110 cm³/mol. The largest absolute Gasteiger partial charge is 0.383 e. The van der Waals surface area contributed by atoms with Gasteiger partial charge in [0, 0.05) is 56.7 Å². The molecule has 142 valence electrons.